The van der Waals surface area contributed by atoms with Gasteiger partial charge in [-0.05, 0) is 29.3 Å². The number of aromatic nitrogens is 1. The average molecular weight is 405 g/mol. The number of fused-ring (bicyclic) bond motifs is 1. The van der Waals surface area contributed by atoms with Crippen LogP contribution in [0.3, 0.4) is 0 Å². The van der Waals surface area contributed by atoms with E-state index in [1.54, 1.807) is 18.2 Å². The molecule has 5 heteroatoms. The molecule has 1 aromatic heterocycles. The Kier molecular flexibility index (Phi) is 6.42. The van der Waals surface area contributed by atoms with Gasteiger partial charge in [0.1, 0.15) is 19.3 Å². The number of nitrogens with two attached hydrogens (primary N) is 1. The number of aromatic amines is 1. The van der Waals surface area contributed by atoms with Crippen LogP contribution in [-0.2, 0) is 0 Å². The lowest BCUT2D eigenvalue weighted by molar-refractivity contribution is -0.662. The second-order valence-electron chi connectivity index (χ2n) is 7.41. The van der Waals surface area contributed by atoms with Crippen LogP contribution in [0.15, 0.2) is 85.1 Å². The van der Waals surface area contributed by atoms with Crippen LogP contribution < -0.4 is 10.1 Å². The van der Waals surface area contributed by atoms with Crippen LogP contribution in [0.1, 0.15) is 17.0 Å². The van der Waals surface area contributed by atoms with E-state index in [2.05, 4.69) is 46.8 Å². The molecule has 30 heavy (non-hydrogen) atoms. The van der Waals surface area contributed by atoms with E-state index in [0.717, 1.165) is 12.1 Å². The lowest BCUT2D eigenvalue weighted by Gasteiger charge is -2.17. The molecule has 1 heterocycles. The number of H-pyrrole nitrogens is 1. The first-order valence-corrected chi connectivity index (χ1v) is 10.2. The smallest absolute Gasteiger partial charge is 0.165 e. The average Bonchev–Trinajstić information content (AvgIpc) is 3.21. The molecule has 0 radical (unpaired) electrons. The number of aliphatic hydroxyl groups is 1. The summed E-state index contributed by atoms with van der Waals surface area (Å²) in [6.07, 6.45) is 1.39. The van der Waals surface area contributed by atoms with Crippen molar-refractivity contribution in [3.8, 4) is 5.75 Å². The zero-order chi connectivity index (χ0) is 20.8. The van der Waals surface area contributed by atoms with Gasteiger partial charge < -0.3 is 20.1 Å². The van der Waals surface area contributed by atoms with Crippen LogP contribution in [0.25, 0.3) is 10.9 Å². The molecule has 4 nitrogen and oxygen atoms in total. The van der Waals surface area contributed by atoms with E-state index < -0.39 is 11.9 Å². The number of quaternary nitrogens is 1. The number of ether oxygens (including phenoxy) is 1. The number of rotatable bonds is 9. The van der Waals surface area contributed by atoms with Crippen molar-refractivity contribution in [3.05, 3.63) is 102 Å². The first kappa shape index (κ1) is 20.1. The molecular formula is C25H26FN2O2+. The highest BCUT2D eigenvalue weighted by Crippen LogP contribution is 2.29. The molecule has 4 N–H and O–H groups in total. The Morgan fingerprint density at radius 3 is 2.47 bits per heavy atom. The summed E-state index contributed by atoms with van der Waals surface area (Å²) < 4.78 is 19.1. The second-order valence-corrected chi connectivity index (χ2v) is 7.41. The molecular weight excluding hydrogens is 379 g/mol. The normalized spacial score (nSPS) is 13.3. The van der Waals surface area contributed by atoms with Gasteiger partial charge in [-0.1, -0.05) is 60.7 Å². The van der Waals surface area contributed by atoms with Crippen molar-refractivity contribution in [1.82, 2.24) is 4.98 Å². The van der Waals surface area contributed by atoms with Gasteiger partial charge in [0.2, 0.25) is 0 Å². The van der Waals surface area contributed by atoms with Crippen molar-refractivity contribution >= 4 is 10.9 Å². The summed E-state index contributed by atoms with van der Waals surface area (Å²) >= 11 is 0. The van der Waals surface area contributed by atoms with E-state index >= 15 is 0 Å². The Hall–Kier alpha value is -3.15. The fraction of sp³-hybridized carbons (Fsp3) is 0.200. The highest BCUT2D eigenvalue weighted by Gasteiger charge is 2.20. The van der Waals surface area contributed by atoms with Crippen molar-refractivity contribution < 1.29 is 19.6 Å². The first-order valence-electron chi connectivity index (χ1n) is 10.2. The molecule has 0 aliphatic heterocycles. The van der Waals surface area contributed by atoms with Gasteiger partial charge in [-0.25, -0.2) is 4.39 Å². The van der Waals surface area contributed by atoms with Crippen molar-refractivity contribution in [2.24, 2.45) is 0 Å². The Balaban J connectivity index is 1.41. The molecule has 4 rings (SSSR count). The fourth-order valence-corrected chi connectivity index (χ4v) is 3.78. The van der Waals surface area contributed by atoms with E-state index in [1.165, 1.54) is 22.6 Å². The summed E-state index contributed by atoms with van der Waals surface area (Å²) in [5, 5.41) is 13.6. The summed E-state index contributed by atoms with van der Waals surface area (Å²) in [5.41, 5.74) is 3.59. The quantitative estimate of drug-likeness (QED) is 0.399. The lowest BCUT2D eigenvalue weighted by atomic mass is 9.91. The number of nitrogens with one attached hydrogen (secondary N) is 1. The molecule has 0 fully saturated rings. The predicted octanol–water partition coefficient (Wildman–Crippen LogP) is 3.44. The van der Waals surface area contributed by atoms with Gasteiger partial charge in [0.25, 0.3) is 0 Å². The molecule has 4 aromatic rings. The van der Waals surface area contributed by atoms with Crippen LogP contribution in [0.5, 0.6) is 5.75 Å². The van der Waals surface area contributed by atoms with E-state index in [4.69, 9.17) is 4.74 Å². The molecule has 0 bridgehead atoms. The predicted molar refractivity (Wildman–Crippen MR) is 116 cm³/mol. The molecule has 0 unspecified atom stereocenters. The van der Waals surface area contributed by atoms with Crippen molar-refractivity contribution in [2.75, 3.05) is 19.7 Å². The molecule has 0 aliphatic carbocycles. The maximum atomic E-state index is 13.7. The Morgan fingerprint density at radius 2 is 1.63 bits per heavy atom. The maximum Gasteiger partial charge on any atom is 0.165 e. The summed E-state index contributed by atoms with van der Waals surface area (Å²) in [5.74, 6) is -0.0725. The molecule has 3 aromatic carbocycles. The van der Waals surface area contributed by atoms with Gasteiger partial charge >= 0.3 is 0 Å². The van der Waals surface area contributed by atoms with Gasteiger partial charge in [0.15, 0.2) is 11.6 Å². The summed E-state index contributed by atoms with van der Waals surface area (Å²) in [4.78, 5) is 3.36. The zero-order valence-electron chi connectivity index (χ0n) is 16.7. The Bertz CT molecular complexity index is 1080. The Morgan fingerprint density at radius 1 is 0.900 bits per heavy atom. The van der Waals surface area contributed by atoms with Gasteiger partial charge in [-0.15, -0.1) is 0 Å². The SMILES string of the molecule is O[C@@H](C[NH2+]C[C@H](c1ccccc1)c1c[nH]c2ccccc12)COc1ccccc1F. The minimum absolute atomic E-state index is 0.0561. The van der Waals surface area contributed by atoms with Crippen molar-refractivity contribution in [2.45, 2.75) is 12.0 Å². The van der Waals surface area contributed by atoms with E-state index in [1.807, 2.05) is 24.3 Å². The number of aliphatic hydroxyl groups excluding tert-OH is 1. The summed E-state index contributed by atoms with van der Waals surface area (Å²) in [7, 11) is 0. The van der Waals surface area contributed by atoms with Crippen LogP contribution in [0, 0.1) is 5.82 Å². The van der Waals surface area contributed by atoms with Crippen molar-refractivity contribution in [1.29, 1.82) is 0 Å². The number of halogens is 1. The van der Waals surface area contributed by atoms with E-state index in [0.29, 0.717) is 6.54 Å². The lowest BCUT2D eigenvalue weighted by Crippen LogP contribution is -2.87. The molecule has 0 saturated heterocycles. The van der Waals surface area contributed by atoms with Crippen LogP contribution in [-0.4, -0.2) is 35.9 Å². The summed E-state index contributed by atoms with van der Waals surface area (Å²) in [6.45, 7) is 1.31. The molecule has 0 amide bonds. The summed E-state index contributed by atoms with van der Waals surface area (Å²) in [6, 6.07) is 24.9. The monoisotopic (exact) mass is 405 g/mol. The highest BCUT2D eigenvalue weighted by atomic mass is 19.1. The third-order valence-electron chi connectivity index (χ3n) is 5.31. The molecule has 2 atom stereocenters. The second kappa shape index (κ2) is 9.57. The maximum absolute atomic E-state index is 13.7. The third kappa shape index (κ3) is 4.70. The number of hydrogen-bond donors (Lipinski definition) is 3. The van der Waals surface area contributed by atoms with Gasteiger partial charge in [-0.3, -0.25) is 0 Å². The Labute approximate surface area is 175 Å². The van der Waals surface area contributed by atoms with E-state index in [-0.39, 0.29) is 18.3 Å². The third-order valence-corrected chi connectivity index (χ3v) is 5.31. The topological polar surface area (TPSA) is 61.9 Å². The van der Waals surface area contributed by atoms with Crippen LogP contribution >= 0.6 is 0 Å². The van der Waals surface area contributed by atoms with Gasteiger partial charge in [0.05, 0.1) is 12.5 Å². The molecule has 0 aliphatic rings. The minimum atomic E-state index is -0.691. The van der Waals surface area contributed by atoms with E-state index in [9.17, 15) is 9.50 Å². The molecule has 0 saturated carbocycles. The number of benzene rings is 3. The van der Waals surface area contributed by atoms with Gasteiger partial charge in [0, 0.05) is 17.1 Å². The highest BCUT2D eigenvalue weighted by molar-refractivity contribution is 5.84. The van der Waals surface area contributed by atoms with Crippen LogP contribution in [0.2, 0.25) is 0 Å². The minimum Gasteiger partial charge on any atom is -0.488 e. The van der Waals surface area contributed by atoms with Crippen molar-refractivity contribution in [3.63, 3.8) is 0 Å². The number of para-hydroxylation sites is 2. The van der Waals surface area contributed by atoms with Gasteiger partial charge in [-0.2, -0.15) is 0 Å². The molecule has 154 valence electrons. The van der Waals surface area contributed by atoms with Crippen LogP contribution in [0.4, 0.5) is 4.39 Å². The fourth-order valence-electron chi connectivity index (χ4n) is 3.78. The largest absolute Gasteiger partial charge is 0.488 e. The first-order chi connectivity index (χ1) is 14.7. The zero-order valence-corrected chi connectivity index (χ0v) is 16.7. The number of hydrogen-bond acceptors (Lipinski definition) is 2. The standard InChI is InChI=1S/C25H25FN2O2/c26-23-11-5-7-13-25(23)30-17-19(29)14-27-15-21(18-8-2-1-3-9-18)22-16-28-24-12-6-4-10-20(22)24/h1-13,16,19,21,27-29H,14-15,17H2/p+1/t19-,21+/m0/s1. The molecule has 0 spiro atoms.